The van der Waals surface area contributed by atoms with Crippen molar-refractivity contribution in [2.24, 2.45) is 10.9 Å². The predicted octanol–water partition coefficient (Wildman–Crippen LogP) is 1.97. The summed E-state index contributed by atoms with van der Waals surface area (Å²) < 4.78 is 33.5. The molecule has 0 unspecified atom stereocenters. The largest absolute Gasteiger partial charge is 0.381 e. The molecule has 0 saturated carbocycles. The minimum absolute atomic E-state index is 0. The van der Waals surface area contributed by atoms with E-state index in [1.165, 1.54) is 0 Å². The summed E-state index contributed by atoms with van der Waals surface area (Å²) in [5.41, 5.74) is 0.736. The van der Waals surface area contributed by atoms with Crippen molar-refractivity contribution in [3.05, 3.63) is 29.8 Å². The highest BCUT2D eigenvalue weighted by Crippen LogP contribution is 2.21. The molecule has 2 rings (SSSR count). The summed E-state index contributed by atoms with van der Waals surface area (Å²) in [5, 5.41) is 6.47. The van der Waals surface area contributed by atoms with E-state index in [2.05, 4.69) is 34.4 Å². The number of hydrogen-bond acceptors (Lipinski definition) is 5. The van der Waals surface area contributed by atoms with Crippen molar-refractivity contribution in [2.75, 3.05) is 60.0 Å². The summed E-state index contributed by atoms with van der Waals surface area (Å²) in [6.45, 7) is 9.38. The predicted molar refractivity (Wildman–Crippen MR) is 137 cm³/mol. The van der Waals surface area contributed by atoms with E-state index in [4.69, 9.17) is 4.74 Å². The fourth-order valence-electron chi connectivity index (χ4n) is 3.17. The number of nitrogens with one attached hydrogen (secondary N) is 2. The van der Waals surface area contributed by atoms with Crippen molar-refractivity contribution < 1.29 is 13.2 Å². The summed E-state index contributed by atoms with van der Waals surface area (Å²) >= 11 is 0. The number of benzene rings is 1. The molecule has 2 N–H and O–H groups in total. The number of nitrogens with zero attached hydrogens (tertiary/aromatic N) is 3. The SMILES string of the molecule is CN=C(NCCCOCC(C)C)NCc1ccccc1S(=O)(=O)N1CCN(C)CC1.I. The second kappa shape index (κ2) is 14.2. The van der Waals surface area contributed by atoms with Crippen LogP contribution in [0.25, 0.3) is 0 Å². The molecule has 178 valence electrons. The van der Waals surface area contributed by atoms with Crippen LogP contribution in [0.2, 0.25) is 0 Å². The highest BCUT2D eigenvalue weighted by Gasteiger charge is 2.29. The Bertz CT molecular complexity index is 781. The van der Waals surface area contributed by atoms with E-state index in [9.17, 15) is 8.42 Å². The highest BCUT2D eigenvalue weighted by atomic mass is 127. The number of halogens is 1. The van der Waals surface area contributed by atoms with Crippen LogP contribution in [0, 0.1) is 5.92 Å². The second-order valence-electron chi connectivity index (χ2n) is 7.99. The van der Waals surface area contributed by atoms with Crippen molar-refractivity contribution in [1.82, 2.24) is 19.8 Å². The molecule has 8 nitrogen and oxygen atoms in total. The van der Waals surface area contributed by atoms with E-state index < -0.39 is 10.0 Å². The van der Waals surface area contributed by atoms with Crippen molar-refractivity contribution in [3.63, 3.8) is 0 Å². The molecule has 0 amide bonds. The summed E-state index contributed by atoms with van der Waals surface area (Å²) in [6, 6.07) is 7.18. The molecule has 0 radical (unpaired) electrons. The lowest BCUT2D eigenvalue weighted by Crippen LogP contribution is -2.47. The molecule has 0 spiro atoms. The van der Waals surface area contributed by atoms with E-state index in [1.54, 1.807) is 23.5 Å². The van der Waals surface area contributed by atoms with Crippen LogP contribution in [0.3, 0.4) is 0 Å². The third kappa shape index (κ3) is 9.21. The van der Waals surface area contributed by atoms with Gasteiger partial charge in [0.2, 0.25) is 10.0 Å². The quantitative estimate of drug-likeness (QED) is 0.195. The third-order valence-corrected chi connectivity index (χ3v) is 6.93. The number of ether oxygens (including phenoxy) is 1. The molecule has 0 aromatic heterocycles. The maximum atomic E-state index is 13.2. The maximum absolute atomic E-state index is 13.2. The highest BCUT2D eigenvalue weighted by molar-refractivity contribution is 14.0. The number of guanidine groups is 1. The summed E-state index contributed by atoms with van der Waals surface area (Å²) in [5.74, 6) is 1.18. The van der Waals surface area contributed by atoms with E-state index in [0.717, 1.165) is 38.2 Å². The van der Waals surface area contributed by atoms with Gasteiger partial charge in [-0.2, -0.15) is 4.31 Å². The Balaban J connectivity index is 0.00000480. The minimum Gasteiger partial charge on any atom is -0.381 e. The number of aliphatic imine (C=N–C) groups is 1. The number of piperazine rings is 1. The van der Waals surface area contributed by atoms with Gasteiger partial charge >= 0.3 is 0 Å². The Morgan fingerprint density at radius 2 is 1.84 bits per heavy atom. The van der Waals surface area contributed by atoms with Gasteiger partial charge in [-0.05, 0) is 31.0 Å². The topological polar surface area (TPSA) is 86.3 Å². The molecule has 1 aromatic rings. The minimum atomic E-state index is -3.52. The van der Waals surface area contributed by atoms with Crippen molar-refractivity contribution in [1.29, 1.82) is 0 Å². The first-order chi connectivity index (χ1) is 14.3. The number of rotatable bonds is 10. The molecule has 1 fully saturated rings. The van der Waals surface area contributed by atoms with Gasteiger partial charge in [0.1, 0.15) is 0 Å². The summed E-state index contributed by atoms with van der Waals surface area (Å²) in [6.07, 6.45) is 0.877. The molecule has 10 heteroatoms. The fraction of sp³-hybridized carbons (Fsp3) is 0.667. The van der Waals surface area contributed by atoms with Crippen LogP contribution >= 0.6 is 24.0 Å². The zero-order valence-corrected chi connectivity index (χ0v) is 22.3. The van der Waals surface area contributed by atoms with Gasteiger partial charge in [-0.1, -0.05) is 32.0 Å². The molecule has 1 aliphatic rings. The van der Waals surface area contributed by atoms with Crippen molar-refractivity contribution >= 4 is 40.0 Å². The Morgan fingerprint density at radius 1 is 1.16 bits per heavy atom. The Morgan fingerprint density at radius 3 is 2.48 bits per heavy atom. The van der Waals surface area contributed by atoms with Gasteiger partial charge in [-0.3, -0.25) is 4.99 Å². The standard InChI is InChI=1S/C21H37N5O3S.HI/c1-18(2)17-29-15-7-10-23-21(22-3)24-16-19-8-5-6-9-20(19)30(27,28)26-13-11-25(4)12-14-26;/h5-6,8-9,18H,7,10-17H2,1-4H3,(H2,22,23,24);1H. The number of hydrogen-bond donors (Lipinski definition) is 2. The van der Waals surface area contributed by atoms with Crippen LogP contribution in [0.15, 0.2) is 34.2 Å². The first-order valence-corrected chi connectivity index (χ1v) is 12.1. The normalized spacial score (nSPS) is 16.2. The molecule has 31 heavy (non-hydrogen) atoms. The lowest BCUT2D eigenvalue weighted by molar-refractivity contribution is 0.108. The van der Waals surface area contributed by atoms with E-state index in [-0.39, 0.29) is 24.0 Å². The molecule has 0 bridgehead atoms. The van der Waals surface area contributed by atoms with Crippen LogP contribution in [0.1, 0.15) is 25.8 Å². The van der Waals surface area contributed by atoms with Crippen LogP contribution in [0.5, 0.6) is 0 Å². The van der Waals surface area contributed by atoms with Crippen LogP contribution in [-0.4, -0.2) is 83.6 Å². The lowest BCUT2D eigenvalue weighted by Gasteiger charge is -2.32. The average molecular weight is 568 g/mol. The van der Waals surface area contributed by atoms with Gasteiger partial charge < -0.3 is 20.3 Å². The number of likely N-dealkylation sites (N-methyl/N-ethyl adjacent to an activating group) is 1. The molecule has 1 heterocycles. The lowest BCUT2D eigenvalue weighted by atomic mass is 10.2. The molecule has 0 aliphatic carbocycles. The van der Waals surface area contributed by atoms with Crippen LogP contribution in [0.4, 0.5) is 0 Å². The van der Waals surface area contributed by atoms with Gasteiger partial charge in [0.05, 0.1) is 4.90 Å². The molecular weight excluding hydrogens is 529 g/mol. The maximum Gasteiger partial charge on any atom is 0.243 e. The van der Waals surface area contributed by atoms with Gasteiger partial charge in [0.15, 0.2) is 5.96 Å². The summed E-state index contributed by atoms with van der Waals surface area (Å²) in [4.78, 5) is 6.73. The zero-order chi connectivity index (χ0) is 22.0. The smallest absolute Gasteiger partial charge is 0.243 e. The Hall–Kier alpha value is -0.950. The fourth-order valence-corrected chi connectivity index (χ4v) is 4.81. The first kappa shape index (κ1) is 28.1. The van der Waals surface area contributed by atoms with Gasteiger partial charge in [0.25, 0.3) is 0 Å². The second-order valence-corrected chi connectivity index (χ2v) is 9.90. The monoisotopic (exact) mass is 567 g/mol. The van der Waals surface area contributed by atoms with Gasteiger partial charge in [-0.15, -0.1) is 24.0 Å². The molecule has 1 aliphatic heterocycles. The van der Waals surface area contributed by atoms with Gasteiger partial charge in [-0.25, -0.2) is 8.42 Å². The van der Waals surface area contributed by atoms with E-state index in [0.29, 0.717) is 43.0 Å². The first-order valence-electron chi connectivity index (χ1n) is 10.6. The van der Waals surface area contributed by atoms with E-state index in [1.807, 2.05) is 19.2 Å². The number of sulfonamides is 1. The molecule has 1 saturated heterocycles. The van der Waals surface area contributed by atoms with Gasteiger partial charge in [0, 0.05) is 59.5 Å². The molecule has 1 aromatic carbocycles. The average Bonchev–Trinajstić information content (AvgIpc) is 2.73. The van der Waals surface area contributed by atoms with Crippen LogP contribution in [-0.2, 0) is 21.3 Å². The Kier molecular flexibility index (Phi) is 12.9. The van der Waals surface area contributed by atoms with Crippen molar-refractivity contribution in [3.8, 4) is 0 Å². The van der Waals surface area contributed by atoms with Crippen molar-refractivity contribution in [2.45, 2.75) is 31.7 Å². The molecule has 0 atom stereocenters. The zero-order valence-electron chi connectivity index (χ0n) is 19.1. The van der Waals surface area contributed by atoms with E-state index >= 15 is 0 Å². The third-order valence-electron chi connectivity index (χ3n) is 4.93. The summed E-state index contributed by atoms with van der Waals surface area (Å²) in [7, 11) is 0.201. The molecular formula is C21H38IN5O3S. The van der Waals surface area contributed by atoms with Crippen LogP contribution < -0.4 is 10.6 Å². The Labute approximate surface area is 204 Å².